The van der Waals surface area contributed by atoms with Crippen molar-refractivity contribution in [2.45, 2.75) is 83.2 Å². The molecule has 186 valence electrons. The number of hydrogen-bond acceptors (Lipinski definition) is 5. The molecule has 35 heavy (non-hydrogen) atoms. The maximum absolute atomic E-state index is 13.2. The molecule has 0 unspecified atom stereocenters. The molecule has 1 amide bonds. The summed E-state index contributed by atoms with van der Waals surface area (Å²) in [5, 5.41) is 3.43. The van der Waals surface area contributed by atoms with E-state index in [-0.39, 0.29) is 27.7 Å². The van der Waals surface area contributed by atoms with E-state index in [1.54, 1.807) is 49.1 Å². The highest BCUT2D eigenvalue weighted by molar-refractivity contribution is 6.74. The van der Waals surface area contributed by atoms with Gasteiger partial charge in [0.05, 0.1) is 11.0 Å². The van der Waals surface area contributed by atoms with E-state index >= 15 is 0 Å². The minimum atomic E-state index is -1.90. The zero-order valence-corrected chi connectivity index (χ0v) is 22.6. The minimum Gasteiger partial charge on any atom is -0.412 e. The standard InChI is InChI=1S/C27H36N4O3Si/c1-26(2,3)35(5,6)34-27(4)13-9-20(10-14-27)31-18-22(23(32)21-8-7-15-29-24(21)31)25(33)30-19-11-16-28-17-12-19/h7-8,11-12,15-18,20H,9-10,13-14H2,1-6H3,(H,28,30,33). The van der Waals surface area contributed by atoms with Gasteiger partial charge in [0.15, 0.2) is 8.32 Å². The second kappa shape index (κ2) is 9.31. The number of nitrogens with one attached hydrogen (secondary N) is 1. The molecule has 3 heterocycles. The molecule has 0 aliphatic heterocycles. The molecule has 8 heteroatoms. The molecule has 1 aliphatic rings. The van der Waals surface area contributed by atoms with Gasteiger partial charge in [-0.25, -0.2) is 4.98 Å². The Kier molecular flexibility index (Phi) is 6.72. The molecule has 1 fully saturated rings. The molecule has 0 spiro atoms. The van der Waals surface area contributed by atoms with Gasteiger partial charge in [0.1, 0.15) is 11.2 Å². The van der Waals surface area contributed by atoms with Crippen LogP contribution < -0.4 is 10.7 Å². The van der Waals surface area contributed by atoms with E-state index in [0.29, 0.717) is 16.7 Å². The van der Waals surface area contributed by atoms with Crippen molar-refractivity contribution in [1.29, 1.82) is 0 Å². The molecular weight excluding hydrogens is 456 g/mol. The van der Waals surface area contributed by atoms with E-state index in [1.165, 1.54) is 0 Å². The first kappa shape index (κ1) is 25.3. The Morgan fingerprint density at radius 1 is 1.14 bits per heavy atom. The van der Waals surface area contributed by atoms with Crippen molar-refractivity contribution in [3.05, 3.63) is 64.8 Å². The topological polar surface area (TPSA) is 86.1 Å². The zero-order valence-electron chi connectivity index (χ0n) is 21.6. The van der Waals surface area contributed by atoms with Crippen LogP contribution in [-0.4, -0.2) is 34.4 Å². The summed E-state index contributed by atoms with van der Waals surface area (Å²) in [5.41, 5.74) is 0.866. The van der Waals surface area contributed by atoms with Gasteiger partial charge < -0.3 is 14.3 Å². The summed E-state index contributed by atoms with van der Waals surface area (Å²) in [4.78, 5) is 34.8. The maximum Gasteiger partial charge on any atom is 0.261 e. The van der Waals surface area contributed by atoms with Gasteiger partial charge in [-0.1, -0.05) is 20.8 Å². The molecule has 1 aliphatic carbocycles. The molecule has 0 atom stereocenters. The van der Waals surface area contributed by atoms with Gasteiger partial charge in [-0.15, -0.1) is 0 Å². The number of pyridine rings is 3. The highest BCUT2D eigenvalue weighted by atomic mass is 28.4. The van der Waals surface area contributed by atoms with Gasteiger partial charge in [-0.05, 0) is 75.0 Å². The second-order valence-electron chi connectivity index (χ2n) is 11.4. The summed E-state index contributed by atoms with van der Waals surface area (Å²) in [6.45, 7) is 13.6. The van der Waals surface area contributed by atoms with Crippen molar-refractivity contribution in [2.75, 3.05) is 5.32 Å². The van der Waals surface area contributed by atoms with E-state index in [1.807, 2.05) is 4.57 Å². The van der Waals surface area contributed by atoms with Crippen LogP contribution in [0.2, 0.25) is 18.1 Å². The summed E-state index contributed by atoms with van der Waals surface area (Å²) in [6, 6.07) is 7.02. The SMILES string of the molecule is CC1(O[Si](C)(C)C(C)(C)C)CCC(n2cc(C(=O)Nc3ccncc3)c(=O)c3cccnc32)CC1. The molecule has 0 saturated heterocycles. The van der Waals surface area contributed by atoms with Gasteiger partial charge in [-0.2, -0.15) is 0 Å². The zero-order chi connectivity index (χ0) is 25.4. The first-order chi connectivity index (χ1) is 16.4. The van der Waals surface area contributed by atoms with Gasteiger partial charge in [-0.3, -0.25) is 14.6 Å². The van der Waals surface area contributed by atoms with E-state index in [0.717, 1.165) is 25.7 Å². The number of amides is 1. The predicted octanol–water partition coefficient (Wildman–Crippen LogP) is 5.94. The molecule has 0 bridgehead atoms. The van der Waals surface area contributed by atoms with Crippen LogP contribution in [0.3, 0.4) is 0 Å². The fraction of sp³-hybridized carbons (Fsp3) is 0.481. The quantitative estimate of drug-likeness (QED) is 0.446. The predicted molar refractivity (Wildman–Crippen MR) is 142 cm³/mol. The molecule has 0 aromatic carbocycles. The van der Waals surface area contributed by atoms with Gasteiger partial charge in [0, 0.05) is 36.5 Å². The fourth-order valence-corrected chi connectivity index (χ4v) is 6.36. The number of fused-ring (bicyclic) bond motifs is 1. The highest BCUT2D eigenvalue weighted by Gasteiger charge is 2.44. The Labute approximate surface area is 208 Å². The Balaban J connectivity index is 1.63. The van der Waals surface area contributed by atoms with Crippen molar-refractivity contribution in [3.8, 4) is 0 Å². The summed E-state index contributed by atoms with van der Waals surface area (Å²) in [6.07, 6.45) is 10.2. The first-order valence-electron chi connectivity index (χ1n) is 12.3. The van der Waals surface area contributed by atoms with E-state index in [9.17, 15) is 9.59 Å². The van der Waals surface area contributed by atoms with E-state index < -0.39 is 14.2 Å². The lowest BCUT2D eigenvalue weighted by atomic mass is 9.83. The summed E-state index contributed by atoms with van der Waals surface area (Å²) >= 11 is 0. The van der Waals surface area contributed by atoms with E-state index in [2.05, 4.69) is 56.1 Å². The average Bonchev–Trinajstić information content (AvgIpc) is 2.79. The third kappa shape index (κ3) is 5.23. The number of nitrogens with zero attached hydrogens (tertiary/aromatic N) is 3. The third-order valence-corrected chi connectivity index (χ3v) is 12.3. The lowest BCUT2D eigenvalue weighted by Gasteiger charge is -2.47. The van der Waals surface area contributed by atoms with Gasteiger partial charge in [0.25, 0.3) is 5.91 Å². The second-order valence-corrected chi connectivity index (χ2v) is 16.1. The van der Waals surface area contributed by atoms with Crippen LogP contribution in [-0.2, 0) is 4.43 Å². The van der Waals surface area contributed by atoms with Crippen LogP contribution in [0.15, 0.2) is 53.8 Å². The number of carbonyl (C=O) groups is 1. The Morgan fingerprint density at radius 3 is 2.43 bits per heavy atom. The van der Waals surface area contributed by atoms with Crippen LogP contribution in [0.5, 0.6) is 0 Å². The van der Waals surface area contributed by atoms with Crippen molar-refractivity contribution in [2.24, 2.45) is 0 Å². The van der Waals surface area contributed by atoms with Crippen LogP contribution in [0.4, 0.5) is 5.69 Å². The molecule has 7 nitrogen and oxygen atoms in total. The number of hydrogen-bond donors (Lipinski definition) is 1. The fourth-order valence-electron chi connectivity index (χ4n) is 4.62. The molecule has 1 N–H and O–H groups in total. The van der Waals surface area contributed by atoms with Crippen molar-refractivity contribution in [1.82, 2.24) is 14.5 Å². The van der Waals surface area contributed by atoms with Crippen LogP contribution >= 0.6 is 0 Å². The lowest BCUT2D eigenvalue weighted by Crippen LogP contribution is -2.50. The molecular formula is C27H36N4O3Si. The number of rotatable bonds is 5. The maximum atomic E-state index is 13.2. The van der Waals surface area contributed by atoms with Gasteiger partial charge >= 0.3 is 0 Å². The van der Waals surface area contributed by atoms with Crippen LogP contribution in [0.1, 0.15) is 69.8 Å². The largest absolute Gasteiger partial charge is 0.412 e. The summed E-state index contributed by atoms with van der Waals surface area (Å²) in [5.74, 6) is -0.428. The molecule has 4 rings (SSSR count). The van der Waals surface area contributed by atoms with Crippen molar-refractivity contribution >= 4 is 30.9 Å². The monoisotopic (exact) mass is 492 g/mol. The Morgan fingerprint density at radius 2 is 1.80 bits per heavy atom. The summed E-state index contributed by atoms with van der Waals surface area (Å²) in [7, 11) is -1.90. The third-order valence-electron chi connectivity index (χ3n) is 7.69. The van der Waals surface area contributed by atoms with Crippen molar-refractivity contribution in [3.63, 3.8) is 0 Å². The van der Waals surface area contributed by atoms with Crippen LogP contribution in [0.25, 0.3) is 11.0 Å². The smallest absolute Gasteiger partial charge is 0.261 e. The number of carbonyl (C=O) groups excluding carboxylic acids is 1. The summed E-state index contributed by atoms with van der Waals surface area (Å²) < 4.78 is 8.88. The molecule has 3 aromatic rings. The first-order valence-corrected chi connectivity index (χ1v) is 15.2. The molecule has 1 saturated carbocycles. The highest BCUT2D eigenvalue weighted by Crippen LogP contribution is 2.45. The minimum absolute atomic E-state index is 0.119. The molecule has 3 aromatic heterocycles. The number of aromatic nitrogens is 3. The number of anilines is 1. The normalized spacial score (nSPS) is 21.1. The van der Waals surface area contributed by atoms with E-state index in [4.69, 9.17) is 4.43 Å². The van der Waals surface area contributed by atoms with Crippen molar-refractivity contribution < 1.29 is 9.22 Å². The Hall–Kier alpha value is -2.84. The Bertz CT molecular complexity index is 1270. The van der Waals surface area contributed by atoms with Crippen LogP contribution in [0, 0.1) is 0 Å². The lowest BCUT2D eigenvalue weighted by molar-refractivity contribution is 0.0219. The molecule has 0 radical (unpaired) electrons. The van der Waals surface area contributed by atoms with Gasteiger partial charge in [0.2, 0.25) is 5.43 Å². The average molecular weight is 493 g/mol.